The number of carbonyl (C=O) groups excluding carboxylic acids is 1. The van der Waals surface area contributed by atoms with Crippen molar-refractivity contribution in [1.82, 2.24) is 4.90 Å². The van der Waals surface area contributed by atoms with Crippen molar-refractivity contribution in [2.45, 2.75) is 46.1 Å². The van der Waals surface area contributed by atoms with Crippen molar-refractivity contribution in [2.24, 2.45) is 11.1 Å². The van der Waals surface area contributed by atoms with Crippen LogP contribution in [0.15, 0.2) is 0 Å². The Hall–Kier alpha value is -0.730. The molecular weight excluding hydrogens is 164 g/mol. The summed E-state index contributed by atoms with van der Waals surface area (Å²) in [5, 5.41) is 0. The molecule has 3 nitrogen and oxygen atoms in total. The number of urea groups is 1. The van der Waals surface area contributed by atoms with Gasteiger partial charge in [-0.3, -0.25) is 0 Å². The molecule has 0 bridgehead atoms. The molecule has 1 aliphatic heterocycles. The van der Waals surface area contributed by atoms with E-state index in [-0.39, 0.29) is 11.4 Å². The van der Waals surface area contributed by atoms with Gasteiger partial charge in [-0.25, -0.2) is 4.79 Å². The van der Waals surface area contributed by atoms with E-state index in [1.54, 1.807) is 0 Å². The lowest BCUT2D eigenvalue weighted by Crippen LogP contribution is -2.52. The van der Waals surface area contributed by atoms with Crippen molar-refractivity contribution in [1.29, 1.82) is 0 Å². The van der Waals surface area contributed by atoms with Gasteiger partial charge in [-0.2, -0.15) is 0 Å². The highest BCUT2D eigenvalue weighted by Gasteiger charge is 2.33. The van der Waals surface area contributed by atoms with Crippen LogP contribution in [0.3, 0.4) is 0 Å². The SMILES string of the molecule is CC(C)(C)C1CCCCN1C(N)=O. The number of likely N-dealkylation sites (tertiary alicyclic amines) is 1. The molecule has 2 amide bonds. The Labute approximate surface area is 80.3 Å². The van der Waals surface area contributed by atoms with Gasteiger partial charge in [0, 0.05) is 12.6 Å². The molecule has 0 radical (unpaired) electrons. The minimum absolute atomic E-state index is 0.148. The lowest BCUT2D eigenvalue weighted by molar-refractivity contribution is 0.0923. The van der Waals surface area contributed by atoms with Crippen molar-refractivity contribution < 1.29 is 4.79 Å². The summed E-state index contributed by atoms with van der Waals surface area (Å²) in [6.07, 6.45) is 3.40. The van der Waals surface area contributed by atoms with E-state index in [9.17, 15) is 4.79 Å². The number of hydrogen-bond donors (Lipinski definition) is 1. The Morgan fingerprint density at radius 3 is 2.38 bits per heavy atom. The fourth-order valence-corrected chi connectivity index (χ4v) is 2.10. The summed E-state index contributed by atoms with van der Waals surface area (Å²) in [5.41, 5.74) is 5.49. The van der Waals surface area contributed by atoms with Crippen LogP contribution >= 0.6 is 0 Å². The molecule has 2 N–H and O–H groups in total. The van der Waals surface area contributed by atoms with Gasteiger partial charge in [0.2, 0.25) is 0 Å². The van der Waals surface area contributed by atoms with E-state index in [0.717, 1.165) is 19.4 Å². The van der Waals surface area contributed by atoms with Crippen LogP contribution in [0.2, 0.25) is 0 Å². The first-order valence-electron chi connectivity index (χ1n) is 4.99. The molecule has 1 fully saturated rings. The molecule has 76 valence electrons. The van der Waals surface area contributed by atoms with Crippen molar-refractivity contribution in [3.63, 3.8) is 0 Å². The van der Waals surface area contributed by atoms with E-state index < -0.39 is 0 Å². The molecule has 1 saturated heterocycles. The van der Waals surface area contributed by atoms with Gasteiger partial charge in [0.25, 0.3) is 0 Å². The number of nitrogens with two attached hydrogens (primary N) is 1. The molecule has 1 unspecified atom stereocenters. The molecule has 1 rings (SSSR count). The predicted molar refractivity (Wildman–Crippen MR) is 53.4 cm³/mol. The van der Waals surface area contributed by atoms with Gasteiger partial charge in [0.15, 0.2) is 0 Å². The molecule has 3 heteroatoms. The van der Waals surface area contributed by atoms with Crippen LogP contribution in [-0.2, 0) is 0 Å². The smallest absolute Gasteiger partial charge is 0.315 e. The normalized spacial score (nSPS) is 24.5. The predicted octanol–water partition coefficient (Wildman–Crippen LogP) is 1.97. The topological polar surface area (TPSA) is 46.3 Å². The van der Waals surface area contributed by atoms with Crippen LogP contribution in [0.5, 0.6) is 0 Å². The fraction of sp³-hybridized carbons (Fsp3) is 0.900. The lowest BCUT2D eigenvalue weighted by Gasteiger charge is -2.42. The summed E-state index contributed by atoms with van der Waals surface area (Å²) >= 11 is 0. The first kappa shape index (κ1) is 10.4. The van der Waals surface area contributed by atoms with E-state index in [2.05, 4.69) is 20.8 Å². The number of nitrogens with zero attached hydrogens (tertiary/aromatic N) is 1. The number of amides is 2. The van der Waals surface area contributed by atoms with Crippen LogP contribution in [0.1, 0.15) is 40.0 Å². The number of carbonyl (C=O) groups is 1. The molecule has 1 heterocycles. The highest BCUT2D eigenvalue weighted by molar-refractivity contribution is 5.72. The van der Waals surface area contributed by atoms with Crippen molar-refractivity contribution in [3.05, 3.63) is 0 Å². The molecule has 0 saturated carbocycles. The maximum atomic E-state index is 11.2. The molecule has 1 atom stereocenters. The Balaban J connectivity index is 2.73. The van der Waals surface area contributed by atoms with Crippen LogP contribution in [0.25, 0.3) is 0 Å². The minimum Gasteiger partial charge on any atom is -0.351 e. The first-order valence-corrected chi connectivity index (χ1v) is 4.99. The summed E-state index contributed by atoms with van der Waals surface area (Å²) in [6, 6.07) is 0.0541. The Bertz CT molecular complexity index is 196. The zero-order valence-electron chi connectivity index (χ0n) is 8.84. The Morgan fingerprint density at radius 2 is 2.00 bits per heavy atom. The minimum atomic E-state index is -0.264. The summed E-state index contributed by atoms with van der Waals surface area (Å²) in [6.45, 7) is 7.33. The highest BCUT2D eigenvalue weighted by atomic mass is 16.2. The second kappa shape index (κ2) is 3.56. The average molecular weight is 184 g/mol. The van der Waals surface area contributed by atoms with Crippen molar-refractivity contribution in [3.8, 4) is 0 Å². The van der Waals surface area contributed by atoms with E-state index in [4.69, 9.17) is 5.73 Å². The monoisotopic (exact) mass is 184 g/mol. The van der Waals surface area contributed by atoms with Gasteiger partial charge < -0.3 is 10.6 Å². The second-order valence-electron chi connectivity index (χ2n) is 4.91. The lowest BCUT2D eigenvalue weighted by atomic mass is 9.81. The number of rotatable bonds is 0. The van der Waals surface area contributed by atoms with E-state index in [1.165, 1.54) is 6.42 Å². The van der Waals surface area contributed by atoms with Gasteiger partial charge in [-0.15, -0.1) is 0 Å². The third-order valence-electron chi connectivity index (χ3n) is 2.79. The number of piperidine rings is 1. The van der Waals surface area contributed by atoms with E-state index >= 15 is 0 Å². The molecule has 0 aromatic rings. The quantitative estimate of drug-likeness (QED) is 0.614. The summed E-state index contributed by atoms with van der Waals surface area (Å²) in [4.78, 5) is 13.0. The molecule has 0 spiro atoms. The first-order chi connectivity index (χ1) is 5.93. The van der Waals surface area contributed by atoms with Gasteiger partial charge >= 0.3 is 6.03 Å². The van der Waals surface area contributed by atoms with Crippen LogP contribution < -0.4 is 5.73 Å². The largest absolute Gasteiger partial charge is 0.351 e. The van der Waals surface area contributed by atoms with Crippen LogP contribution in [-0.4, -0.2) is 23.5 Å². The molecule has 0 aromatic carbocycles. The number of primary amides is 1. The second-order valence-corrected chi connectivity index (χ2v) is 4.91. The van der Waals surface area contributed by atoms with Crippen molar-refractivity contribution >= 4 is 6.03 Å². The maximum Gasteiger partial charge on any atom is 0.315 e. The van der Waals surface area contributed by atoms with Gasteiger partial charge in [0.05, 0.1) is 0 Å². The summed E-state index contributed by atoms with van der Waals surface area (Å²) in [7, 11) is 0. The highest BCUT2D eigenvalue weighted by Crippen LogP contribution is 2.31. The summed E-state index contributed by atoms with van der Waals surface area (Å²) < 4.78 is 0. The Kier molecular flexibility index (Phi) is 2.84. The van der Waals surface area contributed by atoms with Crippen LogP contribution in [0.4, 0.5) is 4.79 Å². The zero-order valence-corrected chi connectivity index (χ0v) is 8.84. The van der Waals surface area contributed by atoms with Crippen molar-refractivity contribution in [2.75, 3.05) is 6.54 Å². The van der Waals surface area contributed by atoms with Crippen LogP contribution in [0, 0.1) is 5.41 Å². The third kappa shape index (κ3) is 2.36. The zero-order chi connectivity index (χ0) is 10.1. The average Bonchev–Trinajstić information content (AvgIpc) is 2.03. The number of hydrogen-bond acceptors (Lipinski definition) is 1. The van der Waals surface area contributed by atoms with E-state index in [1.807, 2.05) is 4.90 Å². The van der Waals surface area contributed by atoms with Gasteiger partial charge in [-0.1, -0.05) is 20.8 Å². The van der Waals surface area contributed by atoms with Gasteiger partial charge in [-0.05, 0) is 24.7 Å². The Morgan fingerprint density at radius 1 is 1.38 bits per heavy atom. The molecule has 0 aliphatic carbocycles. The fourth-order valence-electron chi connectivity index (χ4n) is 2.10. The maximum absolute atomic E-state index is 11.2. The molecule has 0 aromatic heterocycles. The summed E-state index contributed by atoms with van der Waals surface area (Å²) in [5.74, 6) is 0. The molecular formula is C10H20N2O. The molecule has 13 heavy (non-hydrogen) atoms. The van der Waals surface area contributed by atoms with E-state index in [0.29, 0.717) is 6.04 Å². The molecule has 1 aliphatic rings. The standard InChI is InChI=1S/C10H20N2O/c1-10(2,3)8-6-4-5-7-12(8)9(11)13/h8H,4-7H2,1-3H3,(H2,11,13). The third-order valence-corrected chi connectivity index (χ3v) is 2.79. The van der Waals surface area contributed by atoms with Gasteiger partial charge in [0.1, 0.15) is 0 Å².